The molecule has 6 rings (SSSR count). The molecule has 17 heteroatoms. The molecule has 14 nitrogen and oxygen atoms in total. The van der Waals surface area contributed by atoms with E-state index in [1.807, 2.05) is 12.2 Å². The van der Waals surface area contributed by atoms with Crippen LogP contribution in [0.3, 0.4) is 0 Å². The number of carbonyl (C=O) groups is 5. The lowest BCUT2D eigenvalue weighted by molar-refractivity contribution is -0.141. The summed E-state index contributed by atoms with van der Waals surface area (Å²) in [7, 11) is -3.91. The maximum Gasteiger partial charge on any atom is 0.410 e. The molecule has 52 heavy (non-hydrogen) atoms. The summed E-state index contributed by atoms with van der Waals surface area (Å²) in [5.74, 6) is -2.57. The van der Waals surface area contributed by atoms with Gasteiger partial charge in [0.15, 0.2) is 0 Å². The molecule has 284 valence electrons. The van der Waals surface area contributed by atoms with Crippen LogP contribution in [0, 0.1) is 5.92 Å². The maximum atomic E-state index is 14.3. The minimum absolute atomic E-state index is 0.0977. The lowest BCUT2D eigenvalue weighted by Crippen LogP contribution is -2.58. The van der Waals surface area contributed by atoms with Crippen molar-refractivity contribution in [3.8, 4) is 0 Å². The lowest BCUT2D eigenvalue weighted by Gasteiger charge is -2.30. The van der Waals surface area contributed by atoms with Crippen LogP contribution in [0.15, 0.2) is 24.3 Å². The maximum absolute atomic E-state index is 14.3. The molecule has 3 heterocycles. The fraction of sp³-hybridized carbons (Fsp3) is 0.629. The lowest BCUT2D eigenvalue weighted by atomic mass is 10.0. The Morgan fingerprint density at radius 1 is 1.00 bits per heavy atom. The number of nitrogens with one attached hydrogen (secondary N) is 3. The van der Waals surface area contributed by atoms with Gasteiger partial charge in [0.25, 0.3) is 5.91 Å². The van der Waals surface area contributed by atoms with Crippen molar-refractivity contribution in [3.05, 3.63) is 45.5 Å². The second kappa shape index (κ2) is 14.7. The van der Waals surface area contributed by atoms with Gasteiger partial charge in [-0.25, -0.2) is 18.0 Å². The number of hydrogen-bond acceptors (Lipinski definition) is 9. The van der Waals surface area contributed by atoms with E-state index in [0.29, 0.717) is 35.7 Å². The van der Waals surface area contributed by atoms with Crippen LogP contribution in [0.4, 0.5) is 9.59 Å². The second-order valence-electron chi connectivity index (χ2n) is 15.4. The zero-order chi connectivity index (χ0) is 37.6. The van der Waals surface area contributed by atoms with Crippen molar-refractivity contribution >= 4 is 63.1 Å². The van der Waals surface area contributed by atoms with Crippen LogP contribution in [0.5, 0.6) is 0 Å². The molecule has 0 bridgehead atoms. The summed E-state index contributed by atoms with van der Waals surface area (Å²) >= 11 is 12.4. The molecular formula is C35H45Cl2N5O9S. The number of halogens is 2. The van der Waals surface area contributed by atoms with Crippen LogP contribution in [-0.4, -0.2) is 89.2 Å². The standard InChI is InChI=1S/C35H45Cl2N5O9S/c1-34(2,3)51-32(46)38-27-10-8-6-4-5-7-9-22-16-35(22,31(45)40-52(48,49)24-11-12-24)39-29(43)28-15-23(19-42(28)30(27)44)50-33(47)41-17-20-13-25(36)26(37)14-21(20)18-41/h7,9,13-14,22-24,27-28H,4-6,8,10-12,15-19H2,1-3H3,(H,38,46)(H,39,43)(H,40,45)/b9-7+/t22-,23-,27+,28+,35-/m1/s1. The van der Waals surface area contributed by atoms with E-state index < -0.39 is 80.4 Å². The molecule has 2 saturated carbocycles. The minimum Gasteiger partial charge on any atom is -0.444 e. The van der Waals surface area contributed by atoms with Crippen molar-refractivity contribution in [1.82, 2.24) is 25.2 Å². The summed E-state index contributed by atoms with van der Waals surface area (Å²) in [5, 5.41) is 5.56. The molecule has 5 amide bonds. The number of allylic oxidation sites excluding steroid dienone is 1. The highest BCUT2D eigenvalue weighted by atomic mass is 35.5. The van der Waals surface area contributed by atoms with Crippen LogP contribution in [0.25, 0.3) is 0 Å². The van der Waals surface area contributed by atoms with Gasteiger partial charge in [0.2, 0.25) is 21.8 Å². The van der Waals surface area contributed by atoms with E-state index in [1.54, 1.807) is 32.9 Å². The summed E-state index contributed by atoms with van der Waals surface area (Å²) in [4.78, 5) is 71.2. The SMILES string of the molecule is CC(C)(C)OC(=O)N[C@H]1CCCCC/C=C/[C@@H]2C[C@@]2(C(=O)NS(=O)(=O)C2CC2)NC(=O)[C@@H]2C[C@@H](OC(=O)N3Cc4cc(Cl)c(Cl)cc4C3)CN2C1=O. The van der Waals surface area contributed by atoms with Crippen LogP contribution in [-0.2, 0) is 47.0 Å². The first-order valence-electron chi connectivity index (χ1n) is 17.7. The highest BCUT2D eigenvalue weighted by molar-refractivity contribution is 7.91. The van der Waals surface area contributed by atoms with Gasteiger partial charge in [0.1, 0.15) is 29.3 Å². The topological polar surface area (TPSA) is 181 Å². The quantitative estimate of drug-likeness (QED) is 0.367. The van der Waals surface area contributed by atoms with Gasteiger partial charge in [-0.3, -0.25) is 24.0 Å². The molecule has 3 N–H and O–H groups in total. The second-order valence-corrected chi connectivity index (χ2v) is 18.1. The Bertz CT molecular complexity index is 1750. The van der Waals surface area contributed by atoms with E-state index in [2.05, 4.69) is 15.4 Å². The first-order chi connectivity index (χ1) is 24.5. The predicted molar refractivity (Wildman–Crippen MR) is 191 cm³/mol. The van der Waals surface area contributed by atoms with Gasteiger partial charge in [0.05, 0.1) is 21.8 Å². The molecule has 3 aliphatic heterocycles. The number of hydrogen-bond donors (Lipinski definition) is 3. The average Bonchev–Trinajstić information content (AvgIpc) is 3.94. The Labute approximate surface area is 313 Å². The van der Waals surface area contributed by atoms with Gasteiger partial charge in [-0.05, 0) is 82.6 Å². The third-order valence-corrected chi connectivity index (χ3v) is 12.6. The van der Waals surface area contributed by atoms with E-state index in [4.69, 9.17) is 32.7 Å². The van der Waals surface area contributed by atoms with Gasteiger partial charge in [-0.15, -0.1) is 0 Å². The van der Waals surface area contributed by atoms with Crippen molar-refractivity contribution in [2.45, 2.75) is 126 Å². The van der Waals surface area contributed by atoms with Crippen molar-refractivity contribution in [3.63, 3.8) is 0 Å². The Morgan fingerprint density at radius 2 is 1.67 bits per heavy atom. The largest absolute Gasteiger partial charge is 0.444 e. The number of fused-ring (bicyclic) bond motifs is 3. The first-order valence-corrected chi connectivity index (χ1v) is 20.0. The number of ether oxygens (including phenoxy) is 2. The number of alkyl carbamates (subject to hydrolysis) is 1. The molecule has 0 aromatic heterocycles. The summed E-state index contributed by atoms with van der Waals surface area (Å²) < 4.78 is 39.0. The summed E-state index contributed by atoms with van der Waals surface area (Å²) in [6.45, 7) is 5.39. The number of benzene rings is 1. The van der Waals surface area contributed by atoms with Gasteiger partial charge >= 0.3 is 12.2 Å². The predicted octanol–water partition coefficient (Wildman–Crippen LogP) is 4.31. The molecule has 3 fully saturated rings. The summed E-state index contributed by atoms with van der Waals surface area (Å²) in [6.07, 6.45) is 5.36. The zero-order valence-corrected chi connectivity index (χ0v) is 31.7. The zero-order valence-electron chi connectivity index (χ0n) is 29.4. The van der Waals surface area contributed by atoms with E-state index in [9.17, 15) is 32.4 Å². The summed E-state index contributed by atoms with van der Waals surface area (Å²) in [5.41, 5.74) is -0.742. The summed E-state index contributed by atoms with van der Waals surface area (Å²) in [6, 6.07) is 1.13. The molecule has 0 unspecified atom stereocenters. The normalized spacial score (nSPS) is 28.6. The third kappa shape index (κ3) is 8.62. The molecule has 0 radical (unpaired) electrons. The van der Waals surface area contributed by atoms with E-state index in [0.717, 1.165) is 24.0 Å². The molecule has 5 aliphatic rings. The molecule has 1 saturated heterocycles. The van der Waals surface area contributed by atoms with Gasteiger partial charge in [-0.1, -0.05) is 48.2 Å². The van der Waals surface area contributed by atoms with Crippen molar-refractivity contribution in [2.24, 2.45) is 5.92 Å². The minimum atomic E-state index is -3.91. The monoisotopic (exact) mass is 781 g/mol. The Kier molecular flexibility index (Phi) is 10.8. The van der Waals surface area contributed by atoms with Crippen molar-refractivity contribution in [1.29, 1.82) is 0 Å². The van der Waals surface area contributed by atoms with Crippen LogP contribution in [0.1, 0.15) is 89.7 Å². The molecule has 5 atom stereocenters. The number of nitrogens with zero attached hydrogens (tertiary/aromatic N) is 2. The van der Waals surface area contributed by atoms with Gasteiger partial charge in [0, 0.05) is 25.4 Å². The fourth-order valence-electron chi connectivity index (χ4n) is 7.03. The highest BCUT2D eigenvalue weighted by Crippen LogP contribution is 2.46. The highest BCUT2D eigenvalue weighted by Gasteiger charge is 2.62. The fourth-order valence-corrected chi connectivity index (χ4v) is 8.77. The number of sulfonamides is 1. The first kappa shape index (κ1) is 38.2. The Morgan fingerprint density at radius 3 is 2.31 bits per heavy atom. The number of rotatable bonds is 5. The molecule has 1 aromatic rings. The third-order valence-electron chi connectivity index (χ3n) is 10.0. The van der Waals surface area contributed by atoms with E-state index >= 15 is 0 Å². The molecule has 0 spiro atoms. The number of amides is 5. The van der Waals surface area contributed by atoms with Crippen LogP contribution in [0.2, 0.25) is 10.0 Å². The van der Waals surface area contributed by atoms with Crippen molar-refractivity contribution in [2.75, 3.05) is 6.54 Å². The molecule has 1 aromatic carbocycles. The van der Waals surface area contributed by atoms with Crippen molar-refractivity contribution < 1.29 is 41.9 Å². The van der Waals surface area contributed by atoms with Crippen LogP contribution >= 0.6 is 23.2 Å². The van der Waals surface area contributed by atoms with Crippen LogP contribution < -0.4 is 15.4 Å². The van der Waals surface area contributed by atoms with E-state index in [1.165, 1.54) is 9.80 Å². The Balaban J connectivity index is 1.25. The smallest absolute Gasteiger partial charge is 0.410 e. The Hall–Kier alpha value is -3.56. The molecule has 2 aliphatic carbocycles. The number of carbonyl (C=O) groups excluding carboxylic acids is 5. The van der Waals surface area contributed by atoms with E-state index in [-0.39, 0.29) is 38.9 Å². The van der Waals surface area contributed by atoms with Gasteiger partial charge in [-0.2, -0.15) is 0 Å². The average molecular weight is 783 g/mol. The van der Waals surface area contributed by atoms with Gasteiger partial charge < -0.3 is 25.0 Å². The molecular weight excluding hydrogens is 737 g/mol.